The number of anilines is 1. The molecule has 16 heavy (non-hydrogen) atoms. The summed E-state index contributed by atoms with van der Waals surface area (Å²) in [6.45, 7) is 1.42. The summed E-state index contributed by atoms with van der Waals surface area (Å²) < 4.78 is 60.6. The Morgan fingerprint density at radius 2 is 2.00 bits per heavy atom. The fourth-order valence-electron chi connectivity index (χ4n) is 0.874. The van der Waals surface area contributed by atoms with Crippen molar-refractivity contribution in [2.24, 2.45) is 0 Å². The van der Waals surface area contributed by atoms with Gasteiger partial charge >= 0.3 is 6.18 Å². The number of sulfonamides is 1. The molecule has 0 atom stereocenters. The highest BCUT2D eigenvalue weighted by Crippen LogP contribution is 2.27. The lowest BCUT2D eigenvalue weighted by Crippen LogP contribution is -2.15. The van der Waals surface area contributed by atoms with Crippen molar-refractivity contribution in [3.8, 4) is 0 Å². The molecule has 0 fully saturated rings. The number of nitrogens with one attached hydrogen (secondary N) is 1. The van der Waals surface area contributed by atoms with E-state index < -0.39 is 21.9 Å². The molecule has 1 rings (SSSR count). The fraction of sp³-hybridized carbons (Fsp3) is 0.375. The lowest BCUT2D eigenvalue weighted by molar-refractivity contribution is -0.141. The first-order chi connectivity index (χ1) is 7.24. The van der Waals surface area contributed by atoms with Crippen molar-refractivity contribution < 1.29 is 21.6 Å². The number of pyridine rings is 1. The maximum Gasteiger partial charge on any atom is 0.433 e. The highest BCUT2D eigenvalue weighted by molar-refractivity contribution is 7.92. The number of halogens is 3. The summed E-state index contributed by atoms with van der Waals surface area (Å²) in [5.41, 5.74) is -1.05. The molecular weight excluding hydrogens is 245 g/mol. The Kier molecular flexibility index (Phi) is 3.41. The van der Waals surface area contributed by atoms with Gasteiger partial charge in [0, 0.05) is 0 Å². The van der Waals surface area contributed by atoms with Crippen molar-refractivity contribution in [2.45, 2.75) is 13.1 Å². The lowest BCUT2D eigenvalue weighted by atomic mass is 10.3. The van der Waals surface area contributed by atoms with Gasteiger partial charge in [-0.1, -0.05) is 0 Å². The molecule has 0 amide bonds. The van der Waals surface area contributed by atoms with Crippen LogP contribution in [0.1, 0.15) is 12.6 Å². The van der Waals surface area contributed by atoms with Crippen molar-refractivity contribution in [1.82, 2.24) is 4.98 Å². The molecule has 0 spiro atoms. The van der Waals surface area contributed by atoms with E-state index in [4.69, 9.17) is 0 Å². The third-order valence-corrected chi connectivity index (χ3v) is 3.01. The predicted octanol–water partition coefficient (Wildman–Crippen LogP) is 1.86. The summed E-state index contributed by atoms with van der Waals surface area (Å²) in [6.07, 6.45) is -3.70. The van der Waals surface area contributed by atoms with Gasteiger partial charge in [-0.3, -0.25) is 4.72 Å². The SMILES string of the molecule is CCS(=O)(=O)Nc1ccc(C(F)(F)F)nc1. The molecule has 0 unspecified atom stereocenters. The molecule has 0 aliphatic heterocycles. The van der Waals surface area contributed by atoms with E-state index in [1.54, 1.807) is 0 Å². The van der Waals surface area contributed by atoms with E-state index in [0.717, 1.165) is 12.3 Å². The smallest absolute Gasteiger partial charge is 0.282 e. The van der Waals surface area contributed by atoms with Crippen LogP contribution in [0.25, 0.3) is 0 Å². The molecule has 0 bridgehead atoms. The van der Waals surface area contributed by atoms with Crippen LogP contribution in [-0.4, -0.2) is 19.2 Å². The second-order valence-electron chi connectivity index (χ2n) is 2.94. The van der Waals surface area contributed by atoms with Gasteiger partial charge in [0.05, 0.1) is 17.6 Å². The largest absolute Gasteiger partial charge is 0.433 e. The van der Waals surface area contributed by atoms with Crippen LogP contribution in [0.15, 0.2) is 18.3 Å². The molecule has 1 aromatic rings. The minimum Gasteiger partial charge on any atom is -0.282 e. The van der Waals surface area contributed by atoms with Crippen molar-refractivity contribution in [1.29, 1.82) is 0 Å². The van der Waals surface area contributed by atoms with Gasteiger partial charge in [-0.2, -0.15) is 13.2 Å². The lowest BCUT2D eigenvalue weighted by Gasteiger charge is -2.08. The number of alkyl halides is 3. The number of hydrogen-bond donors (Lipinski definition) is 1. The quantitative estimate of drug-likeness (QED) is 0.895. The molecule has 90 valence electrons. The standard InChI is InChI=1S/C8H9F3N2O2S/c1-2-16(14,15)13-6-3-4-7(12-5-6)8(9,10)11/h3-5,13H,2H2,1H3. The average Bonchev–Trinajstić information content (AvgIpc) is 2.16. The summed E-state index contributed by atoms with van der Waals surface area (Å²) in [5.74, 6) is -0.159. The molecule has 0 aliphatic rings. The summed E-state index contributed by atoms with van der Waals surface area (Å²) in [6, 6.07) is 1.73. The average molecular weight is 254 g/mol. The van der Waals surface area contributed by atoms with Crippen molar-refractivity contribution >= 4 is 15.7 Å². The molecule has 0 aliphatic carbocycles. The van der Waals surface area contributed by atoms with Crippen LogP contribution in [0, 0.1) is 0 Å². The van der Waals surface area contributed by atoms with Crippen LogP contribution in [0.5, 0.6) is 0 Å². The van der Waals surface area contributed by atoms with E-state index in [1.165, 1.54) is 6.92 Å². The molecule has 4 nitrogen and oxygen atoms in total. The Hall–Kier alpha value is -1.31. The Morgan fingerprint density at radius 1 is 1.38 bits per heavy atom. The summed E-state index contributed by atoms with van der Waals surface area (Å²) in [5, 5.41) is 0. The minimum atomic E-state index is -4.53. The van der Waals surface area contributed by atoms with Crippen molar-refractivity contribution in [3.63, 3.8) is 0 Å². The Balaban J connectivity index is 2.89. The maximum atomic E-state index is 12.1. The Morgan fingerprint density at radius 3 is 2.38 bits per heavy atom. The molecule has 0 saturated heterocycles. The van der Waals surface area contributed by atoms with E-state index >= 15 is 0 Å². The van der Waals surface area contributed by atoms with Gasteiger partial charge in [0.15, 0.2) is 0 Å². The first-order valence-electron chi connectivity index (χ1n) is 4.28. The number of rotatable bonds is 3. The molecule has 0 saturated carbocycles. The second kappa shape index (κ2) is 4.28. The Labute approximate surface area is 90.6 Å². The third kappa shape index (κ3) is 3.37. The first kappa shape index (κ1) is 12.8. The zero-order chi connectivity index (χ0) is 12.4. The summed E-state index contributed by atoms with van der Waals surface area (Å²) in [4.78, 5) is 3.12. The molecule has 0 aromatic carbocycles. The molecule has 0 radical (unpaired) electrons. The van der Waals surface area contributed by atoms with Gasteiger partial charge < -0.3 is 0 Å². The normalized spacial score (nSPS) is 12.5. The van der Waals surface area contributed by atoms with E-state index in [-0.39, 0.29) is 11.4 Å². The molecule has 1 aromatic heterocycles. The van der Waals surface area contributed by atoms with Crippen LogP contribution in [0.2, 0.25) is 0 Å². The van der Waals surface area contributed by atoms with Gasteiger partial charge in [0.2, 0.25) is 10.0 Å². The van der Waals surface area contributed by atoms with E-state index in [9.17, 15) is 21.6 Å². The molecular formula is C8H9F3N2O2S. The number of hydrogen-bond acceptors (Lipinski definition) is 3. The zero-order valence-electron chi connectivity index (χ0n) is 8.25. The zero-order valence-corrected chi connectivity index (χ0v) is 9.06. The van der Waals surface area contributed by atoms with Gasteiger partial charge in [-0.15, -0.1) is 0 Å². The molecule has 1 N–H and O–H groups in total. The molecule has 1 heterocycles. The highest BCUT2D eigenvalue weighted by atomic mass is 32.2. The number of nitrogens with zero attached hydrogens (tertiary/aromatic N) is 1. The third-order valence-electron chi connectivity index (χ3n) is 1.71. The predicted molar refractivity (Wildman–Crippen MR) is 52.3 cm³/mol. The van der Waals surface area contributed by atoms with Crippen LogP contribution in [0.3, 0.4) is 0 Å². The Bertz CT molecular complexity index is 453. The molecule has 8 heteroatoms. The van der Waals surface area contributed by atoms with Gasteiger partial charge in [-0.05, 0) is 19.1 Å². The van der Waals surface area contributed by atoms with Crippen LogP contribution < -0.4 is 4.72 Å². The van der Waals surface area contributed by atoms with Gasteiger partial charge in [0.25, 0.3) is 0 Å². The van der Waals surface area contributed by atoms with E-state index in [2.05, 4.69) is 9.71 Å². The second-order valence-corrected chi connectivity index (χ2v) is 4.95. The van der Waals surface area contributed by atoms with Crippen molar-refractivity contribution in [2.75, 3.05) is 10.5 Å². The van der Waals surface area contributed by atoms with Gasteiger partial charge in [-0.25, -0.2) is 13.4 Å². The number of aromatic nitrogens is 1. The van der Waals surface area contributed by atoms with Crippen LogP contribution in [0.4, 0.5) is 18.9 Å². The highest BCUT2D eigenvalue weighted by Gasteiger charge is 2.32. The topological polar surface area (TPSA) is 59.1 Å². The van der Waals surface area contributed by atoms with Crippen LogP contribution >= 0.6 is 0 Å². The summed E-state index contributed by atoms with van der Waals surface area (Å²) >= 11 is 0. The fourth-order valence-corrected chi connectivity index (χ4v) is 1.50. The monoisotopic (exact) mass is 254 g/mol. The van der Waals surface area contributed by atoms with E-state index in [1.807, 2.05) is 0 Å². The van der Waals surface area contributed by atoms with Crippen molar-refractivity contribution in [3.05, 3.63) is 24.0 Å². The minimum absolute atomic E-state index is 0.00912. The van der Waals surface area contributed by atoms with Gasteiger partial charge in [0.1, 0.15) is 5.69 Å². The van der Waals surface area contributed by atoms with E-state index in [0.29, 0.717) is 6.07 Å². The first-order valence-corrected chi connectivity index (χ1v) is 5.93. The summed E-state index contributed by atoms with van der Waals surface area (Å²) in [7, 11) is -3.49. The van der Waals surface area contributed by atoms with Crippen LogP contribution in [-0.2, 0) is 16.2 Å². The maximum absolute atomic E-state index is 12.1.